The molecule has 0 spiro atoms. The lowest BCUT2D eigenvalue weighted by molar-refractivity contribution is 0.0730. The second-order valence-electron chi connectivity index (χ2n) is 3.70. The molecule has 1 saturated heterocycles. The Bertz CT molecular complexity index is 512. The fourth-order valence-electron chi connectivity index (χ4n) is 1.68. The molecule has 17 heavy (non-hydrogen) atoms. The molecule has 2 N–H and O–H groups in total. The third kappa shape index (κ3) is 2.62. The molecule has 1 aliphatic heterocycles. The third-order valence-corrected chi connectivity index (χ3v) is 5.03. The van der Waals surface area contributed by atoms with Gasteiger partial charge in [0, 0.05) is 17.6 Å². The summed E-state index contributed by atoms with van der Waals surface area (Å²) in [6.45, 7) is 1.60. The molecule has 7 heteroatoms. The van der Waals surface area contributed by atoms with Gasteiger partial charge in [-0.2, -0.15) is 4.31 Å². The SMILES string of the molecule is Nc1cc(Br)ccc1S(=O)(=O)N1CCOCC1. The summed E-state index contributed by atoms with van der Waals surface area (Å²) in [6.07, 6.45) is 0. The molecule has 1 aliphatic rings. The lowest BCUT2D eigenvalue weighted by Gasteiger charge is -2.26. The van der Waals surface area contributed by atoms with Gasteiger partial charge in [-0.25, -0.2) is 8.42 Å². The molecule has 0 aliphatic carbocycles. The van der Waals surface area contributed by atoms with Crippen molar-refractivity contribution in [3.05, 3.63) is 22.7 Å². The predicted octanol–water partition coefficient (Wildman–Crippen LogP) is 1.05. The first-order chi connectivity index (χ1) is 8.01. The van der Waals surface area contributed by atoms with Crippen LogP contribution in [-0.2, 0) is 14.8 Å². The van der Waals surface area contributed by atoms with E-state index >= 15 is 0 Å². The van der Waals surface area contributed by atoms with Crippen LogP contribution in [0.2, 0.25) is 0 Å². The highest BCUT2D eigenvalue weighted by Gasteiger charge is 2.27. The number of hydrogen-bond donors (Lipinski definition) is 1. The Morgan fingerprint density at radius 1 is 1.29 bits per heavy atom. The van der Waals surface area contributed by atoms with Gasteiger partial charge in [0.2, 0.25) is 10.0 Å². The number of sulfonamides is 1. The summed E-state index contributed by atoms with van der Waals surface area (Å²) < 4.78 is 31.9. The molecule has 1 heterocycles. The Labute approximate surface area is 109 Å². The van der Waals surface area contributed by atoms with Crippen LogP contribution in [-0.4, -0.2) is 39.0 Å². The zero-order chi connectivity index (χ0) is 12.5. The summed E-state index contributed by atoms with van der Waals surface area (Å²) in [5.74, 6) is 0. The fraction of sp³-hybridized carbons (Fsp3) is 0.400. The lowest BCUT2D eigenvalue weighted by atomic mass is 10.3. The van der Waals surface area contributed by atoms with Gasteiger partial charge < -0.3 is 10.5 Å². The number of ether oxygens (including phenoxy) is 1. The maximum Gasteiger partial charge on any atom is 0.245 e. The number of benzene rings is 1. The number of halogens is 1. The van der Waals surface area contributed by atoms with Gasteiger partial charge in [0.05, 0.1) is 18.9 Å². The van der Waals surface area contributed by atoms with Gasteiger partial charge in [0.1, 0.15) is 4.90 Å². The zero-order valence-corrected chi connectivity index (χ0v) is 11.5. The minimum absolute atomic E-state index is 0.155. The first-order valence-electron chi connectivity index (χ1n) is 5.15. The summed E-state index contributed by atoms with van der Waals surface area (Å²) in [6, 6.07) is 4.78. The van der Waals surface area contributed by atoms with Gasteiger partial charge in [-0.15, -0.1) is 0 Å². The van der Waals surface area contributed by atoms with Crippen LogP contribution >= 0.6 is 15.9 Å². The van der Waals surface area contributed by atoms with Crippen molar-refractivity contribution in [3.8, 4) is 0 Å². The van der Waals surface area contributed by atoms with Crippen molar-refractivity contribution in [2.24, 2.45) is 0 Å². The predicted molar refractivity (Wildman–Crippen MR) is 68.1 cm³/mol. The zero-order valence-electron chi connectivity index (χ0n) is 9.10. The van der Waals surface area contributed by atoms with Crippen molar-refractivity contribution >= 4 is 31.6 Å². The van der Waals surface area contributed by atoms with E-state index in [0.29, 0.717) is 26.3 Å². The minimum atomic E-state index is -3.50. The number of rotatable bonds is 2. The maximum absolute atomic E-state index is 12.3. The van der Waals surface area contributed by atoms with Crippen LogP contribution in [0.1, 0.15) is 0 Å². The Hall–Kier alpha value is -0.630. The molecular weight excluding hydrogens is 308 g/mol. The Kier molecular flexibility index (Phi) is 3.72. The quantitative estimate of drug-likeness (QED) is 0.827. The van der Waals surface area contributed by atoms with Gasteiger partial charge in [-0.3, -0.25) is 0 Å². The molecule has 1 aromatic carbocycles. The van der Waals surface area contributed by atoms with E-state index in [-0.39, 0.29) is 10.6 Å². The molecule has 5 nitrogen and oxygen atoms in total. The van der Waals surface area contributed by atoms with Crippen LogP contribution in [0.25, 0.3) is 0 Å². The summed E-state index contributed by atoms with van der Waals surface area (Å²) in [5, 5.41) is 0. The van der Waals surface area contributed by atoms with Crippen LogP contribution in [0.3, 0.4) is 0 Å². The van der Waals surface area contributed by atoms with Gasteiger partial charge in [-0.05, 0) is 18.2 Å². The topological polar surface area (TPSA) is 72.6 Å². The number of nitrogen functional groups attached to an aromatic ring is 1. The third-order valence-electron chi connectivity index (χ3n) is 2.56. The van der Waals surface area contributed by atoms with E-state index in [9.17, 15) is 8.42 Å². The monoisotopic (exact) mass is 320 g/mol. The van der Waals surface area contributed by atoms with Crippen molar-refractivity contribution in [1.29, 1.82) is 0 Å². The number of morpholine rings is 1. The fourth-order valence-corrected chi connectivity index (χ4v) is 3.56. The van der Waals surface area contributed by atoms with Crippen LogP contribution < -0.4 is 5.73 Å². The van der Waals surface area contributed by atoms with E-state index < -0.39 is 10.0 Å². The molecule has 0 saturated carbocycles. The normalized spacial score (nSPS) is 18.2. The van der Waals surface area contributed by atoms with Crippen LogP contribution in [0, 0.1) is 0 Å². The lowest BCUT2D eigenvalue weighted by Crippen LogP contribution is -2.40. The van der Waals surface area contributed by atoms with E-state index in [0.717, 1.165) is 4.47 Å². The summed E-state index contributed by atoms with van der Waals surface area (Å²) >= 11 is 3.25. The van der Waals surface area contributed by atoms with E-state index in [4.69, 9.17) is 10.5 Å². The molecule has 0 bridgehead atoms. The standard InChI is InChI=1S/C10H13BrN2O3S/c11-8-1-2-10(9(12)7-8)17(14,15)13-3-5-16-6-4-13/h1-2,7H,3-6,12H2. The van der Waals surface area contributed by atoms with Gasteiger partial charge in [-0.1, -0.05) is 15.9 Å². The molecule has 0 atom stereocenters. The Morgan fingerprint density at radius 2 is 1.94 bits per heavy atom. The summed E-state index contributed by atoms with van der Waals surface area (Å²) in [7, 11) is -3.50. The first kappa shape index (κ1) is 12.8. The number of nitrogens with two attached hydrogens (primary N) is 1. The van der Waals surface area contributed by atoms with Gasteiger partial charge in [0.15, 0.2) is 0 Å². The van der Waals surface area contributed by atoms with Gasteiger partial charge in [0.25, 0.3) is 0 Å². The van der Waals surface area contributed by atoms with E-state index in [2.05, 4.69) is 15.9 Å². The summed E-state index contributed by atoms with van der Waals surface area (Å²) in [5.41, 5.74) is 6.00. The Morgan fingerprint density at radius 3 is 2.53 bits per heavy atom. The van der Waals surface area contributed by atoms with E-state index in [1.165, 1.54) is 10.4 Å². The molecule has 0 radical (unpaired) electrons. The molecule has 0 amide bonds. The highest BCUT2D eigenvalue weighted by Crippen LogP contribution is 2.26. The molecule has 94 valence electrons. The van der Waals surface area contributed by atoms with Crippen molar-refractivity contribution < 1.29 is 13.2 Å². The molecular formula is C10H13BrN2O3S. The number of anilines is 1. The highest BCUT2D eigenvalue weighted by molar-refractivity contribution is 9.10. The maximum atomic E-state index is 12.3. The van der Waals surface area contributed by atoms with Crippen LogP contribution in [0.5, 0.6) is 0 Å². The minimum Gasteiger partial charge on any atom is -0.398 e. The summed E-state index contributed by atoms with van der Waals surface area (Å²) in [4.78, 5) is 0.155. The van der Waals surface area contributed by atoms with Crippen molar-refractivity contribution in [3.63, 3.8) is 0 Å². The van der Waals surface area contributed by atoms with E-state index in [1.54, 1.807) is 12.1 Å². The highest BCUT2D eigenvalue weighted by atomic mass is 79.9. The second kappa shape index (κ2) is 4.93. The van der Waals surface area contributed by atoms with Gasteiger partial charge >= 0.3 is 0 Å². The molecule has 1 aromatic rings. The average Bonchev–Trinajstić information content (AvgIpc) is 2.29. The Balaban J connectivity index is 2.37. The van der Waals surface area contributed by atoms with Crippen molar-refractivity contribution in [2.75, 3.05) is 32.0 Å². The molecule has 2 rings (SSSR count). The molecule has 1 fully saturated rings. The number of hydrogen-bond acceptors (Lipinski definition) is 4. The molecule has 0 aromatic heterocycles. The first-order valence-corrected chi connectivity index (χ1v) is 7.38. The smallest absolute Gasteiger partial charge is 0.245 e. The van der Waals surface area contributed by atoms with Crippen LogP contribution in [0.4, 0.5) is 5.69 Å². The second-order valence-corrected chi connectivity index (χ2v) is 6.52. The van der Waals surface area contributed by atoms with E-state index in [1.807, 2.05) is 0 Å². The van der Waals surface area contributed by atoms with Crippen LogP contribution in [0.15, 0.2) is 27.6 Å². The van der Waals surface area contributed by atoms with Crippen molar-refractivity contribution in [1.82, 2.24) is 4.31 Å². The van der Waals surface area contributed by atoms with Crippen molar-refractivity contribution in [2.45, 2.75) is 4.90 Å². The number of nitrogens with zero attached hydrogens (tertiary/aromatic N) is 1. The molecule has 0 unspecified atom stereocenters. The average molecular weight is 321 g/mol. The largest absolute Gasteiger partial charge is 0.398 e.